The van der Waals surface area contributed by atoms with Crippen LogP contribution in [0.1, 0.15) is 24.2 Å². The Labute approximate surface area is 170 Å². The van der Waals surface area contributed by atoms with Crippen LogP contribution in [-0.2, 0) is 0 Å². The molecule has 0 aliphatic carbocycles. The Morgan fingerprint density at radius 2 is 2.04 bits per heavy atom. The van der Waals surface area contributed by atoms with Crippen molar-refractivity contribution < 1.29 is 13.9 Å². The van der Waals surface area contributed by atoms with Crippen LogP contribution in [0.25, 0.3) is 5.69 Å². The summed E-state index contributed by atoms with van der Waals surface area (Å²) < 4.78 is 21.0. The highest BCUT2D eigenvalue weighted by atomic mass is 79.9. The van der Waals surface area contributed by atoms with Gasteiger partial charge in [0.2, 0.25) is 5.88 Å². The van der Waals surface area contributed by atoms with Gasteiger partial charge >= 0.3 is 0 Å². The lowest BCUT2D eigenvalue weighted by molar-refractivity contribution is 0.0645. The first-order valence-electron chi connectivity index (χ1n) is 8.71. The molecular weight excluding hydrogens is 429 g/mol. The number of likely N-dealkylation sites (N-methyl/N-ethyl adjacent to an activating group) is 1. The Hall–Kier alpha value is -2.81. The van der Waals surface area contributed by atoms with E-state index in [1.165, 1.54) is 24.5 Å². The van der Waals surface area contributed by atoms with Gasteiger partial charge in [0.15, 0.2) is 5.82 Å². The molecule has 1 atom stereocenters. The number of nitrogens with zero attached hydrogens (tertiary/aromatic N) is 5. The second-order valence-corrected chi connectivity index (χ2v) is 6.94. The first-order valence-corrected chi connectivity index (χ1v) is 9.51. The van der Waals surface area contributed by atoms with Gasteiger partial charge in [-0.2, -0.15) is 10.2 Å². The summed E-state index contributed by atoms with van der Waals surface area (Å²) in [5.41, 5.74) is 0.213. The van der Waals surface area contributed by atoms with E-state index in [4.69, 9.17) is 4.74 Å². The fourth-order valence-corrected chi connectivity index (χ4v) is 3.01. The number of carbonyl (C=O) groups excluding carboxylic acids is 1. The second kappa shape index (κ2) is 8.92. The zero-order valence-corrected chi connectivity index (χ0v) is 17.0. The summed E-state index contributed by atoms with van der Waals surface area (Å²) in [4.78, 5) is 20.0. The molecule has 146 valence electrons. The lowest BCUT2D eigenvalue weighted by Gasteiger charge is -2.28. The Bertz CT molecular complexity index is 934. The minimum Gasteiger partial charge on any atom is -0.475 e. The van der Waals surface area contributed by atoms with E-state index < -0.39 is 5.82 Å². The standard InChI is InChI=1S/C19H19BrFN5O2/c1-3-25(13(2)12-28-17-8-7-14(20)11-22-17)19(27)15-5-4-6-16(21)18(15)26-23-9-10-24-26/h4-11,13H,3,12H2,1-2H3. The van der Waals surface area contributed by atoms with E-state index in [1.54, 1.807) is 23.2 Å². The van der Waals surface area contributed by atoms with Gasteiger partial charge in [-0.1, -0.05) is 6.07 Å². The van der Waals surface area contributed by atoms with Gasteiger partial charge < -0.3 is 9.64 Å². The van der Waals surface area contributed by atoms with E-state index in [2.05, 4.69) is 31.1 Å². The van der Waals surface area contributed by atoms with E-state index >= 15 is 0 Å². The molecule has 0 saturated carbocycles. The summed E-state index contributed by atoms with van der Waals surface area (Å²) in [6.45, 7) is 4.40. The van der Waals surface area contributed by atoms with Gasteiger partial charge in [0.1, 0.15) is 12.3 Å². The molecular formula is C19H19BrFN5O2. The number of hydrogen-bond acceptors (Lipinski definition) is 5. The summed E-state index contributed by atoms with van der Waals surface area (Å²) in [5, 5.41) is 7.92. The Morgan fingerprint density at radius 1 is 1.29 bits per heavy atom. The van der Waals surface area contributed by atoms with Gasteiger partial charge in [-0.3, -0.25) is 4.79 Å². The van der Waals surface area contributed by atoms with Gasteiger partial charge in [0.05, 0.1) is 24.0 Å². The van der Waals surface area contributed by atoms with Crippen molar-refractivity contribution in [1.29, 1.82) is 0 Å². The number of para-hydroxylation sites is 1. The van der Waals surface area contributed by atoms with Crippen molar-refractivity contribution in [3.63, 3.8) is 0 Å². The molecule has 3 aromatic rings. The molecule has 3 rings (SSSR count). The van der Waals surface area contributed by atoms with Gasteiger partial charge in [-0.05, 0) is 48.0 Å². The van der Waals surface area contributed by atoms with Crippen molar-refractivity contribution >= 4 is 21.8 Å². The predicted octanol–water partition coefficient (Wildman–Crippen LogP) is 3.49. The van der Waals surface area contributed by atoms with Gasteiger partial charge in [0, 0.05) is 23.3 Å². The molecule has 7 nitrogen and oxygen atoms in total. The van der Waals surface area contributed by atoms with Gasteiger partial charge in [-0.25, -0.2) is 9.37 Å². The highest BCUT2D eigenvalue weighted by molar-refractivity contribution is 9.10. The number of pyridine rings is 1. The lowest BCUT2D eigenvalue weighted by atomic mass is 10.1. The van der Waals surface area contributed by atoms with E-state index in [9.17, 15) is 9.18 Å². The van der Waals surface area contributed by atoms with Crippen molar-refractivity contribution in [3.05, 3.63) is 64.8 Å². The maximum atomic E-state index is 14.4. The van der Waals surface area contributed by atoms with Crippen LogP contribution in [-0.4, -0.2) is 50.0 Å². The Morgan fingerprint density at radius 3 is 2.68 bits per heavy atom. The molecule has 0 aliphatic rings. The summed E-state index contributed by atoms with van der Waals surface area (Å²) in [5.74, 6) is -0.430. The molecule has 2 aromatic heterocycles. The molecule has 0 saturated heterocycles. The predicted molar refractivity (Wildman–Crippen MR) is 105 cm³/mol. The molecule has 28 heavy (non-hydrogen) atoms. The summed E-state index contributed by atoms with van der Waals surface area (Å²) >= 11 is 3.32. The molecule has 0 bridgehead atoms. The fourth-order valence-electron chi connectivity index (χ4n) is 2.78. The van der Waals surface area contributed by atoms with Crippen molar-refractivity contribution in [3.8, 4) is 11.6 Å². The number of halogens is 2. The highest BCUT2D eigenvalue weighted by Crippen LogP contribution is 2.20. The normalized spacial score (nSPS) is 11.9. The first-order chi connectivity index (χ1) is 13.5. The van der Waals surface area contributed by atoms with Crippen LogP contribution in [0.5, 0.6) is 5.88 Å². The number of benzene rings is 1. The minimum atomic E-state index is -0.568. The van der Waals surface area contributed by atoms with Crippen molar-refractivity contribution in [2.45, 2.75) is 19.9 Å². The Kier molecular flexibility index (Phi) is 6.35. The average molecular weight is 448 g/mol. The van der Waals surface area contributed by atoms with Crippen LogP contribution in [0.2, 0.25) is 0 Å². The third-order valence-corrected chi connectivity index (χ3v) is 4.61. The lowest BCUT2D eigenvalue weighted by Crippen LogP contribution is -2.42. The third-order valence-electron chi connectivity index (χ3n) is 4.14. The van der Waals surface area contributed by atoms with Crippen molar-refractivity contribution in [2.24, 2.45) is 0 Å². The zero-order chi connectivity index (χ0) is 20.1. The van der Waals surface area contributed by atoms with E-state index in [0.29, 0.717) is 12.4 Å². The van der Waals surface area contributed by atoms with Crippen molar-refractivity contribution in [1.82, 2.24) is 24.9 Å². The van der Waals surface area contributed by atoms with Crippen LogP contribution in [0.3, 0.4) is 0 Å². The van der Waals surface area contributed by atoms with Crippen LogP contribution in [0.4, 0.5) is 4.39 Å². The average Bonchev–Trinajstić information content (AvgIpc) is 3.22. The highest BCUT2D eigenvalue weighted by Gasteiger charge is 2.25. The van der Waals surface area contributed by atoms with Crippen LogP contribution >= 0.6 is 15.9 Å². The number of rotatable bonds is 7. The van der Waals surface area contributed by atoms with Crippen LogP contribution < -0.4 is 4.74 Å². The van der Waals surface area contributed by atoms with E-state index in [1.807, 2.05) is 19.9 Å². The van der Waals surface area contributed by atoms with Crippen LogP contribution in [0, 0.1) is 5.82 Å². The summed E-state index contributed by atoms with van der Waals surface area (Å²) in [6, 6.07) is 7.64. The number of amides is 1. The minimum absolute atomic E-state index is 0.0265. The number of aromatic nitrogens is 4. The molecule has 0 radical (unpaired) electrons. The quantitative estimate of drug-likeness (QED) is 0.554. The molecule has 0 aliphatic heterocycles. The Balaban J connectivity index is 1.80. The monoisotopic (exact) mass is 447 g/mol. The van der Waals surface area contributed by atoms with E-state index in [-0.39, 0.29) is 29.8 Å². The molecule has 0 N–H and O–H groups in total. The largest absolute Gasteiger partial charge is 0.475 e. The smallest absolute Gasteiger partial charge is 0.256 e. The van der Waals surface area contributed by atoms with Gasteiger partial charge in [0.25, 0.3) is 5.91 Å². The van der Waals surface area contributed by atoms with Gasteiger partial charge in [-0.15, -0.1) is 4.80 Å². The maximum Gasteiger partial charge on any atom is 0.256 e. The molecule has 9 heteroatoms. The summed E-state index contributed by atoms with van der Waals surface area (Å²) in [7, 11) is 0. The van der Waals surface area contributed by atoms with E-state index in [0.717, 1.165) is 9.27 Å². The number of hydrogen-bond donors (Lipinski definition) is 0. The van der Waals surface area contributed by atoms with Crippen molar-refractivity contribution in [2.75, 3.05) is 13.2 Å². The maximum absolute atomic E-state index is 14.4. The molecule has 0 fully saturated rings. The summed E-state index contributed by atoms with van der Waals surface area (Å²) in [6.07, 6.45) is 4.50. The number of ether oxygens (including phenoxy) is 1. The van der Waals surface area contributed by atoms with Crippen LogP contribution in [0.15, 0.2) is 53.4 Å². The first kappa shape index (κ1) is 19.9. The molecule has 1 unspecified atom stereocenters. The zero-order valence-electron chi connectivity index (χ0n) is 15.4. The SMILES string of the molecule is CCN(C(=O)c1cccc(F)c1-n1nccn1)C(C)COc1ccc(Br)cn1. The second-order valence-electron chi connectivity index (χ2n) is 6.02. The molecule has 1 aromatic carbocycles. The molecule has 0 spiro atoms. The fraction of sp³-hybridized carbons (Fsp3) is 0.263. The topological polar surface area (TPSA) is 73.1 Å². The molecule has 1 amide bonds. The number of carbonyl (C=O) groups is 1. The molecule has 2 heterocycles. The third kappa shape index (κ3) is 4.36.